The Kier molecular flexibility index (Phi) is 6.65. The van der Waals surface area contributed by atoms with Crippen LogP contribution >= 0.6 is 24.0 Å². The Labute approximate surface area is 158 Å². The molecule has 0 bridgehead atoms. The summed E-state index contributed by atoms with van der Waals surface area (Å²) in [6.45, 7) is 5.45. The van der Waals surface area contributed by atoms with Crippen molar-refractivity contribution in [2.45, 2.75) is 32.3 Å². The highest BCUT2D eigenvalue weighted by Gasteiger charge is 2.32. The summed E-state index contributed by atoms with van der Waals surface area (Å²) in [5.41, 5.74) is 7.15. The van der Waals surface area contributed by atoms with Gasteiger partial charge < -0.3 is 25.2 Å². The first-order valence-electron chi connectivity index (χ1n) is 8.35. The van der Waals surface area contributed by atoms with Crippen LogP contribution in [-0.2, 0) is 11.2 Å². The lowest BCUT2D eigenvalue weighted by molar-refractivity contribution is -0.147. The molecule has 0 aromatic heterocycles. The van der Waals surface area contributed by atoms with E-state index in [0.717, 1.165) is 44.5 Å². The minimum Gasteiger partial charge on any atom is -0.485 e. The number of fused-ring (bicyclic) bond motifs is 1. The van der Waals surface area contributed by atoms with E-state index in [-0.39, 0.29) is 30.5 Å². The molecular weight excluding hydrogens is 367 g/mol. The normalized spacial score (nSPS) is 20.8. The Morgan fingerprint density at radius 3 is 2.68 bits per heavy atom. The fourth-order valence-electron chi connectivity index (χ4n) is 3.37. The predicted molar refractivity (Wildman–Crippen MR) is 99.2 cm³/mol. The summed E-state index contributed by atoms with van der Waals surface area (Å²) in [4.78, 5) is 13.6. The molecule has 1 fully saturated rings. The van der Waals surface area contributed by atoms with Crippen LogP contribution in [0.2, 0.25) is 5.02 Å². The van der Waals surface area contributed by atoms with Gasteiger partial charge in [0.2, 0.25) is 6.10 Å². The second kappa shape index (κ2) is 8.34. The van der Waals surface area contributed by atoms with Crippen LogP contribution in [0.1, 0.15) is 25.3 Å². The molecule has 1 saturated heterocycles. The highest BCUT2D eigenvalue weighted by atomic mass is 35.5. The first-order valence-corrected chi connectivity index (χ1v) is 8.72. The molecule has 2 aliphatic heterocycles. The zero-order valence-corrected chi connectivity index (χ0v) is 15.7. The summed E-state index contributed by atoms with van der Waals surface area (Å²) in [7, 11) is 0. The van der Waals surface area contributed by atoms with E-state index in [1.165, 1.54) is 0 Å². The number of ether oxygens (including phenoxy) is 2. The third-order valence-electron chi connectivity index (χ3n) is 4.88. The first kappa shape index (κ1) is 19.9. The summed E-state index contributed by atoms with van der Waals surface area (Å²) in [5.74, 6) is 0.292. The Bertz CT molecular complexity index is 634. The van der Waals surface area contributed by atoms with Crippen LogP contribution in [0.4, 0.5) is 5.69 Å². The number of carbonyl (C=O) groups is 1. The number of carboxylic acids is 1. The standard InChI is InChI=1S/C17H23ClN2O4.ClH/c1-2-20-5-3-10(4-6-20)7-11-8-12(18)14(19)16-15(11)23-9-13(24-16)17(21)22;/h8,10,13H,2-7,9,19H2,1H3,(H,21,22);1H. The molecule has 1 aromatic rings. The highest BCUT2D eigenvalue weighted by Crippen LogP contribution is 2.45. The molecule has 140 valence electrons. The van der Waals surface area contributed by atoms with E-state index in [9.17, 15) is 4.79 Å². The van der Waals surface area contributed by atoms with Crippen LogP contribution in [-0.4, -0.2) is 48.3 Å². The van der Waals surface area contributed by atoms with E-state index in [1.807, 2.05) is 6.07 Å². The van der Waals surface area contributed by atoms with E-state index < -0.39 is 12.1 Å². The first-order chi connectivity index (χ1) is 11.5. The third-order valence-corrected chi connectivity index (χ3v) is 5.19. The second-order valence-corrected chi connectivity index (χ2v) is 6.83. The number of aliphatic carboxylic acids is 1. The van der Waals surface area contributed by atoms with Gasteiger partial charge in [0, 0.05) is 0 Å². The van der Waals surface area contributed by atoms with Crippen molar-refractivity contribution in [2.75, 3.05) is 32.0 Å². The van der Waals surface area contributed by atoms with Crippen LogP contribution in [0.3, 0.4) is 0 Å². The molecule has 25 heavy (non-hydrogen) atoms. The van der Waals surface area contributed by atoms with Gasteiger partial charge in [0.15, 0.2) is 11.5 Å². The monoisotopic (exact) mass is 390 g/mol. The number of hydrogen-bond acceptors (Lipinski definition) is 5. The summed E-state index contributed by atoms with van der Waals surface area (Å²) in [6, 6.07) is 1.83. The molecule has 2 aliphatic rings. The summed E-state index contributed by atoms with van der Waals surface area (Å²) in [5, 5.41) is 9.50. The number of rotatable bonds is 4. The zero-order valence-electron chi connectivity index (χ0n) is 14.2. The fourth-order valence-corrected chi connectivity index (χ4v) is 3.59. The lowest BCUT2D eigenvalue weighted by atomic mass is 9.89. The lowest BCUT2D eigenvalue weighted by Crippen LogP contribution is -2.37. The Hall–Kier alpha value is -1.37. The topological polar surface area (TPSA) is 85.0 Å². The van der Waals surface area contributed by atoms with E-state index in [2.05, 4.69) is 11.8 Å². The average molecular weight is 391 g/mol. The zero-order chi connectivity index (χ0) is 17.3. The van der Waals surface area contributed by atoms with Crippen molar-refractivity contribution >= 4 is 35.7 Å². The number of anilines is 1. The second-order valence-electron chi connectivity index (χ2n) is 6.43. The molecule has 0 saturated carbocycles. The van der Waals surface area contributed by atoms with Gasteiger partial charge in [-0.3, -0.25) is 0 Å². The minimum absolute atomic E-state index is 0. The molecule has 8 heteroatoms. The van der Waals surface area contributed by atoms with Gasteiger partial charge in [-0.15, -0.1) is 12.4 Å². The number of nitrogens with two attached hydrogens (primary N) is 1. The summed E-state index contributed by atoms with van der Waals surface area (Å²) >= 11 is 6.23. The number of nitrogen functional groups attached to an aromatic ring is 1. The van der Waals surface area contributed by atoms with Crippen molar-refractivity contribution in [2.24, 2.45) is 5.92 Å². The fraction of sp³-hybridized carbons (Fsp3) is 0.588. The van der Waals surface area contributed by atoms with E-state index in [0.29, 0.717) is 16.7 Å². The predicted octanol–water partition coefficient (Wildman–Crippen LogP) is 2.84. The van der Waals surface area contributed by atoms with Gasteiger partial charge in [0.25, 0.3) is 0 Å². The number of hydrogen-bond donors (Lipinski definition) is 2. The van der Waals surface area contributed by atoms with Crippen LogP contribution < -0.4 is 15.2 Å². The summed E-state index contributed by atoms with van der Waals surface area (Å²) < 4.78 is 11.2. The number of piperidine rings is 1. The van der Waals surface area contributed by atoms with Gasteiger partial charge >= 0.3 is 5.97 Å². The Morgan fingerprint density at radius 2 is 2.08 bits per heavy atom. The molecule has 0 spiro atoms. The van der Waals surface area contributed by atoms with Crippen LogP contribution in [0.5, 0.6) is 11.5 Å². The SMILES string of the molecule is CCN1CCC(Cc2cc(Cl)c(N)c3c2OCC(C(=O)O)O3)CC1.Cl. The van der Waals surface area contributed by atoms with Gasteiger partial charge in [-0.25, -0.2) is 4.79 Å². The van der Waals surface area contributed by atoms with Crippen molar-refractivity contribution in [3.63, 3.8) is 0 Å². The van der Waals surface area contributed by atoms with E-state index >= 15 is 0 Å². The third kappa shape index (κ3) is 4.25. The average Bonchev–Trinajstić information content (AvgIpc) is 2.59. The van der Waals surface area contributed by atoms with Gasteiger partial charge in [-0.2, -0.15) is 0 Å². The number of halogens is 2. The number of likely N-dealkylation sites (tertiary alicyclic amines) is 1. The molecule has 3 N–H and O–H groups in total. The highest BCUT2D eigenvalue weighted by molar-refractivity contribution is 6.33. The number of nitrogens with zero attached hydrogens (tertiary/aromatic N) is 1. The quantitative estimate of drug-likeness (QED) is 0.768. The molecule has 1 atom stereocenters. The maximum absolute atomic E-state index is 11.1. The van der Waals surface area contributed by atoms with Crippen molar-refractivity contribution in [3.8, 4) is 11.5 Å². The Morgan fingerprint density at radius 1 is 1.40 bits per heavy atom. The maximum Gasteiger partial charge on any atom is 0.348 e. The molecular formula is C17H24Cl2N2O4. The molecule has 1 aromatic carbocycles. The van der Waals surface area contributed by atoms with Gasteiger partial charge in [0.05, 0.1) is 10.7 Å². The van der Waals surface area contributed by atoms with Crippen molar-refractivity contribution < 1.29 is 19.4 Å². The van der Waals surface area contributed by atoms with Gasteiger partial charge in [0.1, 0.15) is 6.61 Å². The van der Waals surface area contributed by atoms with E-state index in [1.54, 1.807) is 0 Å². The van der Waals surface area contributed by atoms with Crippen molar-refractivity contribution in [1.82, 2.24) is 4.90 Å². The molecule has 3 rings (SSSR count). The lowest BCUT2D eigenvalue weighted by Gasteiger charge is -2.32. The largest absolute Gasteiger partial charge is 0.485 e. The van der Waals surface area contributed by atoms with Crippen LogP contribution in [0, 0.1) is 5.92 Å². The maximum atomic E-state index is 11.1. The summed E-state index contributed by atoms with van der Waals surface area (Å²) in [6.07, 6.45) is 2.03. The molecule has 0 amide bonds. The smallest absolute Gasteiger partial charge is 0.348 e. The molecule has 0 aliphatic carbocycles. The Balaban J connectivity index is 0.00000225. The van der Waals surface area contributed by atoms with Crippen LogP contribution in [0.25, 0.3) is 0 Å². The van der Waals surface area contributed by atoms with Crippen molar-refractivity contribution in [3.05, 3.63) is 16.7 Å². The molecule has 2 heterocycles. The van der Waals surface area contributed by atoms with Crippen LogP contribution in [0.15, 0.2) is 6.07 Å². The molecule has 0 radical (unpaired) electrons. The van der Waals surface area contributed by atoms with E-state index in [4.69, 9.17) is 31.9 Å². The molecule has 6 nitrogen and oxygen atoms in total. The minimum atomic E-state index is -1.08. The number of carboxylic acid groups (broad SMARTS) is 1. The van der Waals surface area contributed by atoms with Gasteiger partial charge in [-0.05, 0) is 56.4 Å². The van der Waals surface area contributed by atoms with Crippen molar-refractivity contribution in [1.29, 1.82) is 0 Å². The van der Waals surface area contributed by atoms with Gasteiger partial charge in [-0.1, -0.05) is 18.5 Å². The number of benzene rings is 1. The molecule has 1 unspecified atom stereocenters.